The van der Waals surface area contributed by atoms with Crippen LogP contribution in [0.15, 0.2) is 72.8 Å². The third kappa shape index (κ3) is 9.14. The van der Waals surface area contributed by atoms with Gasteiger partial charge in [0, 0.05) is 18.5 Å². The topological polar surface area (TPSA) is 123 Å². The molecule has 3 N–H and O–H groups in total. The fourth-order valence-electron chi connectivity index (χ4n) is 2.97. The minimum Gasteiger partial charge on any atom is -0.456 e. The number of para-hydroxylation sites is 1. The lowest BCUT2D eigenvalue weighted by atomic mass is 10.2. The predicted octanol–water partition coefficient (Wildman–Crippen LogP) is 4.90. The third-order valence-corrected chi connectivity index (χ3v) is 5.43. The molecule has 0 aliphatic rings. The fraction of sp³-hybridized carbons (Fsp3) is 0.154. The number of carbonyl (C=O) groups excluding carboxylic acids is 4. The summed E-state index contributed by atoms with van der Waals surface area (Å²) in [7, 11) is 0. The van der Waals surface area contributed by atoms with Crippen LogP contribution in [0.4, 0.5) is 5.69 Å². The largest absolute Gasteiger partial charge is 0.456 e. The van der Waals surface area contributed by atoms with E-state index in [2.05, 4.69) is 16.2 Å². The highest BCUT2D eigenvalue weighted by atomic mass is 35.5. The first-order valence-corrected chi connectivity index (χ1v) is 11.9. The van der Waals surface area contributed by atoms with Crippen molar-refractivity contribution < 1.29 is 28.7 Å². The average Bonchev–Trinajstić information content (AvgIpc) is 2.89. The molecule has 0 saturated heterocycles. The lowest BCUT2D eigenvalue weighted by Crippen LogP contribution is -2.43. The van der Waals surface area contributed by atoms with Gasteiger partial charge in [0.15, 0.2) is 6.61 Å². The van der Waals surface area contributed by atoms with Crippen LogP contribution in [0.25, 0.3) is 0 Å². The van der Waals surface area contributed by atoms with E-state index in [-0.39, 0.29) is 35.8 Å². The monoisotopic (exact) mass is 543 g/mol. The summed E-state index contributed by atoms with van der Waals surface area (Å²) >= 11 is 12.0. The number of carbonyl (C=O) groups is 4. The van der Waals surface area contributed by atoms with Gasteiger partial charge in [0.2, 0.25) is 5.91 Å². The van der Waals surface area contributed by atoms with E-state index < -0.39 is 24.4 Å². The van der Waals surface area contributed by atoms with Crippen LogP contribution in [0.2, 0.25) is 10.0 Å². The van der Waals surface area contributed by atoms with Crippen LogP contribution >= 0.6 is 23.2 Å². The van der Waals surface area contributed by atoms with Gasteiger partial charge in [0.1, 0.15) is 11.5 Å². The van der Waals surface area contributed by atoms with Gasteiger partial charge in [-0.2, -0.15) is 0 Å². The summed E-state index contributed by atoms with van der Waals surface area (Å²) < 4.78 is 10.6. The second-order valence-corrected chi connectivity index (χ2v) is 8.42. The SMILES string of the molecule is O=C(COC(=O)CCCC(=O)Nc1ccc(Oc2ccccc2Cl)cc1)NNC(=O)c1ccccc1Cl. The molecule has 0 atom stereocenters. The molecule has 0 aliphatic carbocycles. The summed E-state index contributed by atoms with van der Waals surface area (Å²) in [4.78, 5) is 47.7. The predicted molar refractivity (Wildman–Crippen MR) is 138 cm³/mol. The van der Waals surface area contributed by atoms with E-state index in [0.717, 1.165) is 0 Å². The molecule has 0 radical (unpaired) electrons. The lowest BCUT2D eigenvalue weighted by Gasteiger charge is -2.09. The normalized spacial score (nSPS) is 10.2. The number of ether oxygens (including phenoxy) is 2. The molecule has 0 unspecified atom stereocenters. The Kier molecular flexibility index (Phi) is 10.3. The van der Waals surface area contributed by atoms with E-state index >= 15 is 0 Å². The molecule has 0 spiro atoms. The molecule has 37 heavy (non-hydrogen) atoms. The molecule has 3 amide bonds. The van der Waals surface area contributed by atoms with Gasteiger partial charge in [-0.1, -0.05) is 47.5 Å². The van der Waals surface area contributed by atoms with Crippen LogP contribution in [0.1, 0.15) is 29.6 Å². The zero-order chi connectivity index (χ0) is 26.6. The third-order valence-electron chi connectivity index (χ3n) is 4.79. The number of hydrazine groups is 1. The summed E-state index contributed by atoms with van der Waals surface area (Å²) in [5.74, 6) is -1.20. The Bertz CT molecular complexity index is 1270. The van der Waals surface area contributed by atoms with Gasteiger partial charge in [-0.05, 0) is 55.0 Å². The van der Waals surface area contributed by atoms with Crippen LogP contribution in [0.3, 0.4) is 0 Å². The molecule has 0 heterocycles. The highest BCUT2D eigenvalue weighted by Gasteiger charge is 2.13. The molecule has 11 heteroatoms. The van der Waals surface area contributed by atoms with Crippen molar-refractivity contribution in [2.45, 2.75) is 19.3 Å². The molecule has 0 bridgehead atoms. The van der Waals surface area contributed by atoms with Crippen molar-refractivity contribution in [3.8, 4) is 11.5 Å². The Hall–Kier alpha value is -4.08. The lowest BCUT2D eigenvalue weighted by molar-refractivity contribution is -0.148. The van der Waals surface area contributed by atoms with Crippen molar-refractivity contribution in [1.82, 2.24) is 10.9 Å². The molecule has 192 valence electrons. The number of rotatable bonds is 10. The number of nitrogens with one attached hydrogen (secondary N) is 3. The summed E-state index contributed by atoms with van der Waals surface area (Å²) in [6.45, 7) is -0.587. The van der Waals surface area contributed by atoms with Gasteiger partial charge >= 0.3 is 5.97 Å². The summed E-state index contributed by atoms with van der Waals surface area (Å²) in [5.41, 5.74) is 5.06. The zero-order valence-corrected chi connectivity index (χ0v) is 21.0. The van der Waals surface area contributed by atoms with Crippen LogP contribution in [-0.4, -0.2) is 30.3 Å². The molecule has 3 aromatic carbocycles. The van der Waals surface area contributed by atoms with Crippen LogP contribution in [0, 0.1) is 0 Å². The summed E-state index contributed by atoms with van der Waals surface area (Å²) in [5, 5.41) is 3.44. The Balaban J connectivity index is 1.30. The van der Waals surface area contributed by atoms with Crippen molar-refractivity contribution in [3.63, 3.8) is 0 Å². The maximum absolute atomic E-state index is 12.1. The highest BCUT2D eigenvalue weighted by molar-refractivity contribution is 6.33. The Morgan fingerprint density at radius 2 is 1.41 bits per heavy atom. The Morgan fingerprint density at radius 3 is 2.11 bits per heavy atom. The van der Waals surface area contributed by atoms with Gasteiger partial charge < -0.3 is 14.8 Å². The number of esters is 1. The van der Waals surface area contributed by atoms with E-state index in [0.29, 0.717) is 22.2 Å². The van der Waals surface area contributed by atoms with E-state index in [4.69, 9.17) is 32.7 Å². The zero-order valence-electron chi connectivity index (χ0n) is 19.5. The van der Waals surface area contributed by atoms with Gasteiger partial charge in [-0.15, -0.1) is 0 Å². The first-order chi connectivity index (χ1) is 17.8. The Labute approximate surface area is 223 Å². The van der Waals surface area contributed by atoms with Crippen molar-refractivity contribution >= 4 is 52.6 Å². The number of hydrogen-bond acceptors (Lipinski definition) is 6. The van der Waals surface area contributed by atoms with Crippen molar-refractivity contribution in [2.75, 3.05) is 11.9 Å². The molecule has 0 aliphatic heterocycles. The van der Waals surface area contributed by atoms with E-state index in [1.807, 2.05) is 6.07 Å². The number of amides is 3. The minimum absolute atomic E-state index is 0.0582. The van der Waals surface area contributed by atoms with Gasteiger partial charge in [-0.25, -0.2) is 0 Å². The van der Waals surface area contributed by atoms with Crippen molar-refractivity contribution in [2.24, 2.45) is 0 Å². The van der Waals surface area contributed by atoms with Crippen LogP contribution < -0.4 is 20.9 Å². The highest BCUT2D eigenvalue weighted by Crippen LogP contribution is 2.29. The molecule has 3 rings (SSSR count). The first kappa shape index (κ1) is 27.5. The smallest absolute Gasteiger partial charge is 0.306 e. The summed E-state index contributed by atoms with van der Waals surface area (Å²) in [6.07, 6.45) is 0.244. The van der Waals surface area contributed by atoms with Gasteiger partial charge in [0.25, 0.3) is 11.8 Å². The molecule has 9 nitrogen and oxygen atoms in total. The van der Waals surface area contributed by atoms with Crippen LogP contribution in [-0.2, 0) is 19.1 Å². The van der Waals surface area contributed by atoms with Crippen LogP contribution in [0.5, 0.6) is 11.5 Å². The van der Waals surface area contributed by atoms with Crippen molar-refractivity contribution in [3.05, 3.63) is 88.4 Å². The summed E-state index contributed by atoms with van der Waals surface area (Å²) in [6, 6.07) is 20.1. The van der Waals surface area contributed by atoms with Gasteiger partial charge in [-0.3, -0.25) is 30.0 Å². The van der Waals surface area contributed by atoms with E-state index in [9.17, 15) is 19.2 Å². The molecular weight excluding hydrogens is 521 g/mol. The van der Waals surface area contributed by atoms with Crippen molar-refractivity contribution in [1.29, 1.82) is 0 Å². The molecule has 0 fully saturated rings. The molecule has 0 aromatic heterocycles. The number of halogens is 2. The molecular formula is C26H23Cl2N3O6. The molecule has 0 saturated carbocycles. The number of hydrogen-bond donors (Lipinski definition) is 3. The molecule has 3 aromatic rings. The first-order valence-electron chi connectivity index (χ1n) is 11.1. The minimum atomic E-state index is -0.728. The van der Waals surface area contributed by atoms with E-state index in [1.165, 1.54) is 12.1 Å². The quantitative estimate of drug-likeness (QED) is 0.247. The van der Waals surface area contributed by atoms with E-state index in [1.54, 1.807) is 54.6 Å². The fourth-order valence-corrected chi connectivity index (χ4v) is 3.37. The second-order valence-electron chi connectivity index (χ2n) is 7.60. The van der Waals surface area contributed by atoms with Gasteiger partial charge in [0.05, 0.1) is 15.6 Å². The average molecular weight is 544 g/mol. The maximum atomic E-state index is 12.1. The second kappa shape index (κ2) is 13.9. The standard InChI is InChI=1S/C26H23Cl2N3O6/c27-20-7-2-1-6-19(20)26(35)31-30-24(33)16-36-25(34)11-5-10-23(32)29-17-12-14-18(15-13-17)37-22-9-4-3-8-21(22)28/h1-4,6-9,12-15H,5,10-11,16H2,(H,29,32)(H,30,33)(H,31,35). The Morgan fingerprint density at radius 1 is 0.730 bits per heavy atom. The number of benzene rings is 3. The number of anilines is 1. The maximum Gasteiger partial charge on any atom is 0.306 e.